The van der Waals surface area contributed by atoms with Gasteiger partial charge in [-0.15, -0.1) is 0 Å². The maximum atomic E-state index is 14.7. The van der Waals surface area contributed by atoms with E-state index in [1.165, 1.54) is 0 Å². The maximum absolute atomic E-state index is 14.7. The van der Waals surface area contributed by atoms with E-state index in [0.29, 0.717) is 0 Å². The quantitative estimate of drug-likeness (QED) is 0.647. The number of alkyl carbamates (subject to hydrolysis) is 1. The Bertz CT molecular complexity index is 782. The molecule has 1 unspecified atom stereocenters. The normalized spacial score (nSPS) is 19.4. The number of nitrogens with zero attached hydrogens (tertiary/aromatic N) is 1. The van der Waals surface area contributed by atoms with E-state index in [-0.39, 0.29) is 13.2 Å². The third-order valence-electron chi connectivity index (χ3n) is 4.81. The zero-order valence-corrected chi connectivity index (χ0v) is 19.1. The van der Waals surface area contributed by atoms with Crippen molar-refractivity contribution < 1.29 is 37.7 Å². The van der Waals surface area contributed by atoms with Crippen LogP contribution in [0.5, 0.6) is 0 Å². The summed E-state index contributed by atoms with van der Waals surface area (Å²) in [6.07, 6.45) is -4.75. The Labute approximate surface area is 186 Å². The maximum Gasteiger partial charge on any atom is 0.412 e. The van der Waals surface area contributed by atoms with Crippen molar-refractivity contribution in [1.29, 1.82) is 0 Å². The number of rotatable bonds is 7. The van der Waals surface area contributed by atoms with Crippen LogP contribution in [0.25, 0.3) is 0 Å². The number of alkyl halides is 2. The molecule has 1 aliphatic rings. The molecule has 0 saturated carbocycles. The van der Waals surface area contributed by atoms with Crippen LogP contribution in [0.4, 0.5) is 18.4 Å². The molecule has 2 N–H and O–H groups in total. The number of ether oxygens (including phenoxy) is 3. The van der Waals surface area contributed by atoms with Crippen LogP contribution < -0.4 is 5.32 Å². The Hall–Kier alpha value is -2.46. The molecule has 1 fully saturated rings. The minimum absolute atomic E-state index is 0.0293. The van der Waals surface area contributed by atoms with Gasteiger partial charge < -0.3 is 24.6 Å². The van der Waals surface area contributed by atoms with Crippen LogP contribution in [-0.2, 0) is 20.8 Å². The smallest absolute Gasteiger partial charge is 0.412 e. The van der Waals surface area contributed by atoms with Crippen LogP contribution in [0, 0.1) is 0 Å². The van der Waals surface area contributed by atoms with Crippen molar-refractivity contribution in [2.45, 2.75) is 77.0 Å². The Morgan fingerprint density at radius 1 is 1.28 bits per heavy atom. The molecule has 0 aliphatic carbocycles. The molecule has 0 bridgehead atoms. The lowest BCUT2D eigenvalue weighted by molar-refractivity contribution is -0.122. The molecule has 0 radical (unpaired) electrons. The molecule has 2 amide bonds. The van der Waals surface area contributed by atoms with Gasteiger partial charge in [0.25, 0.3) is 5.92 Å². The highest BCUT2D eigenvalue weighted by Crippen LogP contribution is 2.36. The van der Waals surface area contributed by atoms with Crippen LogP contribution in [0.2, 0.25) is 0 Å². The lowest BCUT2D eigenvalue weighted by Crippen LogP contribution is -2.53. The Morgan fingerprint density at radius 2 is 1.91 bits per heavy atom. The largest absolute Gasteiger partial charge is 0.445 e. The Balaban J connectivity index is 1.92. The molecule has 1 aliphatic heterocycles. The first kappa shape index (κ1) is 25.8. The van der Waals surface area contributed by atoms with E-state index >= 15 is 0 Å². The van der Waals surface area contributed by atoms with E-state index in [2.05, 4.69) is 5.32 Å². The summed E-state index contributed by atoms with van der Waals surface area (Å²) in [7, 11) is 0. The minimum atomic E-state index is -3.61. The van der Waals surface area contributed by atoms with Gasteiger partial charge in [0.1, 0.15) is 24.0 Å². The third-order valence-corrected chi connectivity index (χ3v) is 4.81. The molecular weight excluding hydrogens is 426 g/mol. The van der Waals surface area contributed by atoms with E-state index < -0.39 is 54.5 Å². The first-order valence-electron chi connectivity index (χ1n) is 10.4. The number of benzene rings is 1. The fraction of sp³-hybridized carbons (Fsp3) is 0.636. The molecule has 2 rings (SSSR count). The van der Waals surface area contributed by atoms with E-state index in [4.69, 9.17) is 14.2 Å². The van der Waals surface area contributed by atoms with Crippen LogP contribution in [-0.4, -0.2) is 64.7 Å². The van der Waals surface area contributed by atoms with Crippen molar-refractivity contribution in [1.82, 2.24) is 10.2 Å². The number of nitrogens with one attached hydrogen (secondary N) is 1. The molecule has 32 heavy (non-hydrogen) atoms. The van der Waals surface area contributed by atoms with Crippen LogP contribution >= 0.6 is 0 Å². The molecule has 1 saturated heterocycles. The van der Waals surface area contributed by atoms with Crippen molar-refractivity contribution in [3.05, 3.63) is 35.9 Å². The Kier molecular flexibility index (Phi) is 8.06. The van der Waals surface area contributed by atoms with Gasteiger partial charge in [-0.1, -0.05) is 30.3 Å². The summed E-state index contributed by atoms with van der Waals surface area (Å²) in [5.74, 6) is -3.61. The summed E-state index contributed by atoms with van der Waals surface area (Å²) in [5.41, 5.74) is -1.22. The lowest BCUT2D eigenvalue weighted by atomic mass is 10.0. The van der Waals surface area contributed by atoms with Crippen molar-refractivity contribution in [3.8, 4) is 0 Å². The summed E-state index contributed by atoms with van der Waals surface area (Å²) < 4.78 is 45.2. The fourth-order valence-corrected chi connectivity index (χ4v) is 3.27. The van der Waals surface area contributed by atoms with Crippen molar-refractivity contribution >= 4 is 12.2 Å². The number of carbonyl (C=O) groups excluding carboxylic acids is 2. The monoisotopic (exact) mass is 458 g/mol. The van der Waals surface area contributed by atoms with Crippen LogP contribution in [0.15, 0.2) is 30.3 Å². The molecule has 1 aromatic carbocycles. The number of aliphatic hydroxyl groups excluding tert-OH is 1. The molecule has 180 valence electrons. The SMILES string of the molecule is CC(C)(C)OC(=O)N1[C@@H](CC(F)(F)C(O)CNC(=O)OCc2ccccc2)COC1(C)C. The van der Waals surface area contributed by atoms with Gasteiger partial charge >= 0.3 is 12.2 Å². The molecule has 1 aromatic rings. The third kappa shape index (κ3) is 7.30. The van der Waals surface area contributed by atoms with Gasteiger partial charge in [-0.25, -0.2) is 18.4 Å². The molecular formula is C22H32F2N2O6. The topological polar surface area (TPSA) is 97.3 Å². The average molecular weight is 459 g/mol. The van der Waals surface area contributed by atoms with E-state index in [1.807, 2.05) is 6.07 Å². The first-order chi connectivity index (χ1) is 14.7. The number of amides is 2. The Morgan fingerprint density at radius 3 is 2.50 bits per heavy atom. The number of hydrogen-bond donors (Lipinski definition) is 2. The standard InChI is InChI=1S/C22H32F2N2O6/c1-20(2,3)32-19(29)26-16(14-31-21(26,4)5)11-22(23,24)17(27)12-25-18(28)30-13-15-9-7-6-8-10-15/h6-10,16-17,27H,11-14H2,1-5H3,(H,25,28)/t16-,17?/m0/s1. The lowest BCUT2D eigenvalue weighted by Gasteiger charge is -2.36. The highest BCUT2D eigenvalue weighted by Gasteiger charge is 2.51. The van der Waals surface area contributed by atoms with Gasteiger partial charge in [0.2, 0.25) is 0 Å². The van der Waals surface area contributed by atoms with Crippen LogP contribution in [0.1, 0.15) is 46.6 Å². The zero-order valence-electron chi connectivity index (χ0n) is 19.1. The second kappa shape index (κ2) is 9.99. The van der Waals surface area contributed by atoms with Crippen molar-refractivity contribution in [2.24, 2.45) is 0 Å². The molecule has 10 heteroatoms. The highest BCUT2D eigenvalue weighted by atomic mass is 19.3. The van der Waals surface area contributed by atoms with Gasteiger partial charge in [-0.2, -0.15) is 0 Å². The van der Waals surface area contributed by atoms with Gasteiger partial charge in [-0.05, 0) is 40.2 Å². The summed E-state index contributed by atoms with van der Waals surface area (Å²) in [5, 5.41) is 12.2. The molecule has 0 spiro atoms. The summed E-state index contributed by atoms with van der Waals surface area (Å²) in [6, 6.07) is 7.83. The van der Waals surface area contributed by atoms with Gasteiger partial charge in [0.15, 0.2) is 0 Å². The number of halogens is 2. The molecule has 1 heterocycles. The second-order valence-electron chi connectivity index (χ2n) is 9.19. The van der Waals surface area contributed by atoms with Gasteiger partial charge in [0.05, 0.1) is 19.2 Å². The first-order valence-corrected chi connectivity index (χ1v) is 10.4. The molecule has 8 nitrogen and oxygen atoms in total. The van der Waals surface area contributed by atoms with Crippen molar-refractivity contribution in [3.63, 3.8) is 0 Å². The van der Waals surface area contributed by atoms with Crippen molar-refractivity contribution in [2.75, 3.05) is 13.2 Å². The molecule has 2 atom stereocenters. The fourth-order valence-electron chi connectivity index (χ4n) is 3.27. The van der Waals surface area contributed by atoms with E-state index in [1.54, 1.807) is 58.9 Å². The average Bonchev–Trinajstić information content (AvgIpc) is 2.97. The highest BCUT2D eigenvalue weighted by molar-refractivity contribution is 5.69. The number of aliphatic hydroxyl groups is 1. The summed E-state index contributed by atoms with van der Waals surface area (Å²) in [4.78, 5) is 25.5. The van der Waals surface area contributed by atoms with E-state index in [0.717, 1.165) is 10.5 Å². The second-order valence-corrected chi connectivity index (χ2v) is 9.19. The van der Waals surface area contributed by atoms with Gasteiger partial charge in [0, 0.05) is 6.42 Å². The summed E-state index contributed by atoms with van der Waals surface area (Å²) >= 11 is 0. The zero-order chi connectivity index (χ0) is 24.2. The van der Waals surface area contributed by atoms with Gasteiger partial charge in [-0.3, -0.25) is 4.90 Å². The number of carbonyl (C=O) groups is 2. The minimum Gasteiger partial charge on any atom is -0.445 e. The predicted molar refractivity (Wildman–Crippen MR) is 112 cm³/mol. The summed E-state index contributed by atoms with van der Waals surface area (Å²) in [6.45, 7) is 7.29. The predicted octanol–water partition coefficient (Wildman–Crippen LogP) is 3.67. The van der Waals surface area contributed by atoms with Crippen LogP contribution in [0.3, 0.4) is 0 Å². The van der Waals surface area contributed by atoms with E-state index in [9.17, 15) is 23.5 Å². The molecule has 0 aromatic heterocycles. The number of hydrogen-bond acceptors (Lipinski definition) is 6.